The van der Waals surface area contributed by atoms with Crippen molar-refractivity contribution in [1.29, 1.82) is 0 Å². The Labute approximate surface area is 76.7 Å². The lowest BCUT2D eigenvalue weighted by Crippen LogP contribution is -2.01. The van der Waals surface area contributed by atoms with Crippen molar-refractivity contribution < 1.29 is 9.84 Å². The molecule has 1 N–H and O–H groups in total. The summed E-state index contributed by atoms with van der Waals surface area (Å²) >= 11 is 0. The van der Waals surface area contributed by atoms with E-state index < -0.39 is 0 Å². The van der Waals surface area contributed by atoms with Crippen LogP contribution in [0.2, 0.25) is 0 Å². The van der Waals surface area contributed by atoms with E-state index in [1.807, 2.05) is 13.0 Å². The van der Waals surface area contributed by atoms with Crippen molar-refractivity contribution in [1.82, 2.24) is 0 Å². The third-order valence-corrected chi connectivity index (χ3v) is 1.89. The Morgan fingerprint density at radius 1 is 1.54 bits per heavy atom. The van der Waals surface area contributed by atoms with Crippen LogP contribution in [0.25, 0.3) is 0 Å². The van der Waals surface area contributed by atoms with Crippen molar-refractivity contribution in [2.75, 3.05) is 6.61 Å². The monoisotopic (exact) mass is 177 g/mol. The summed E-state index contributed by atoms with van der Waals surface area (Å²) in [4.78, 5) is 4.28. The SMILES string of the molecule is CC1COC(c2cccc(O)c2)=N1. The molecule has 1 aromatic carbocycles. The van der Waals surface area contributed by atoms with Crippen molar-refractivity contribution in [3.63, 3.8) is 0 Å². The van der Waals surface area contributed by atoms with Crippen molar-refractivity contribution in [3.05, 3.63) is 29.8 Å². The van der Waals surface area contributed by atoms with Gasteiger partial charge in [0.1, 0.15) is 12.4 Å². The second-order valence-electron chi connectivity index (χ2n) is 3.14. The van der Waals surface area contributed by atoms with Gasteiger partial charge in [-0.15, -0.1) is 0 Å². The minimum absolute atomic E-state index is 0.220. The summed E-state index contributed by atoms with van der Waals surface area (Å²) in [5, 5.41) is 9.23. The van der Waals surface area contributed by atoms with Gasteiger partial charge in [0.05, 0.1) is 6.04 Å². The molecule has 0 fully saturated rings. The molecule has 0 saturated carbocycles. The third kappa shape index (κ3) is 1.64. The fourth-order valence-corrected chi connectivity index (χ4v) is 1.27. The molecule has 0 spiro atoms. The Hall–Kier alpha value is -1.51. The van der Waals surface area contributed by atoms with Crippen LogP contribution in [0.15, 0.2) is 29.3 Å². The van der Waals surface area contributed by atoms with E-state index in [0.717, 1.165) is 5.56 Å². The van der Waals surface area contributed by atoms with E-state index in [2.05, 4.69) is 4.99 Å². The molecular weight excluding hydrogens is 166 g/mol. The van der Waals surface area contributed by atoms with Crippen molar-refractivity contribution in [2.24, 2.45) is 4.99 Å². The van der Waals surface area contributed by atoms with Crippen LogP contribution in [0.3, 0.4) is 0 Å². The summed E-state index contributed by atoms with van der Waals surface area (Å²) in [5.74, 6) is 0.867. The Balaban J connectivity index is 2.31. The molecule has 2 rings (SSSR count). The number of phenolic OH excluding ortho intramolecular Hbond substituents is 1. The molecule has 0 saturated heterocycles. The lowest BCUT2D eigenvalue weighted by atomic mass is 10.2. The predicted octanol–water partition coefficient (Wildman–Crippen LogP) is 1.56. The van der Waals surface area contributed by atoms with E-state index in [9.17, 15) is 5.11 Å². The van der Waals surface area contributed by atoms with Gasteiger partial charge in [0.2, 0.25) is 5.90 Å². The van der Waals surface area contributed by atoms with Crippen LogP contribution in [-0.4, -0.2) is 23.7 Å². The summed E-state index contributed by atoms with van der Waals surface area (Å²) in [7, 11) is 0. The number of nitrogens with zero attached hydrogens (tertiary/aromatic N) is 1. The summed E-state index contributed by atoms with van der Waals surface area (Å²) in [6.07, 6.45) is 0. The first kappa shape index (κ1) is 8.10. The molecular formula is C10H11NO2. The minimum Gasteiger partial charge on any atom is -0.508 e. The first-order chi connectivity index (χ1) is 6.25. The summed E-state index contributed by atoms with van der Waals surface area (Å²) in [6.45, 7) is 2.63. The Morgan fingerprint density at radius 2 is 2.38 bits per heavy atom. The molecule has 3 nitrogen and oxygen atoms in total. The Bertz CT molecular complexity index is 347. The third-order valence-electron chi connectivity index (χ3n) is 1.89. The van der Waals surface area contributed by atoms with Gasteiger partial charge >= 0.3 is 0 Å². The van der Waals surface area contributed by atoms with E-state index in [0.29, 0.717) is 12.5 Å². The fourth-order valence-electron chi connectivity index (χ4n) is 1.27. The highest BCUT2D eigenvalue weighted by Gasteiger charge is 2.15. The van der Waals surface area contributed by atoms with E-state index in [1.165, 1.54) is 0 Å². The Kier molecular flexibility index (Phi) is 1.93. The number of phenols is 1. The van der Waals surface area contributed by atoms with Gasteiger partial charge in [-0.25, -0.2) is 4.99 Å². The van der Waals surface area contributed by atoms with Crippen LogP contribution < -0.4 is 0 Å². The van der Waals surface area contributed by atoms with Crippen LogP contribution >= 0.6 is 0 Å². The van der Waals surface area contributed by atoms with Crippen molar-refractivity contribution >= 4 is 5.90 Å². The minimum atomic E-state index is 0.220. The highest BCUT2D eigenvalue weighted by molar-refractivity contribution is 5.95. The van der Waals surface area contributed by atoms with Crippen LogP contribution in [0.4, 0.5) is 0 Å². The molecule has 68 valence electrons. The fraction of sp³-hybridized carbons (Fsp3) is 0.300. The molecule has 1 heterocycles. The molecule has 0 radical (unpaired) electrons. The quantitative estimate of drug-likeness (QED) is 0.707. The molecule has 1 aliphatic rings. The molecule has 1 aliphatic heterocycles. The Morgan fingerprint density at radius 3 is 3.00 bits per heavy atom. The lowest BCUT2D eigenvalue weighted by molar-refractivity contribution is 0.324. The second kappa shape index (κ2) is 3.09. The van der Waals surface area contributed by atoms with E-state index in [1.54, 1.807) is 18.2 Å². The molecule has 0 aromatic heterocycles. The summed E-state index contributed by atoms with van der Waals surface area (Å²) in [6, 6.07) is 7.15. The molecule has 1 unspecified atom stereocenters. The van der Waals surface area contributed by atoms with Gasteiger partial charge in [-0.3, -0.25) is 0 Å². The molecule has 13 heavy (non-hydrogen) atoms. The number of ether oxygens (including phenoxy) is 1. The topological polar surface area (TPSA) is 41.8 Å². The molecule has 0 bridgehead atoms. The predicted molar refractivity (Wildman–Crippen MR) is 50.1 cm³/mol. The highest BCUT2D eigenvalue weighted by atomic mass is 16.5. The van der Waals surface area contributed by atoms with Crippen LogP contribution in [0.5, 0.6) is 5.75 Å². The molecule has 0 amide bonds. The van der Waals surface area contributed by atoms with Crippen LogP contribution in [0, 0.1) is 0 Å². The first-order valence-electron chi connectivity index (χ1n) is 4.26. The summed E-state index contributed by atoms with van der Waals surface area (Å²) in [5.41, 5.74) is 0.837. The number of rotatable bonds is 1. The zero-order valence-electron chi connectivity index (χ0n) is 7.40. The number of aromatic hydroxyl groups is 1. The zero-order chi connectivity index (χ0) is 9.26. The smallest absolute Gasteiger partial charge is 0.216 e. The number of aliphatic imine (C=N–C) groups is 1. The van der Waals surface area contributed by atoms with Crippen molar-refractivity contribution in [3.8, 4) is 5.75 Å². The van der Waals surface area contributed by atoms with E-state index in [4.69, 9.17) is 4.74 Å². The van der Waals surface area contributed by atoms with Crippen LogP contribution in [-0.2, 0) is 4.74 Å². The first-order valence-corrected chi connectivity index (χ1v) is 4.26. The highest BCUT2D eigenvalue weighted by Crippen LogP contribution is 2.16. The van der Waals surface area contributed by atoms with Crippen LogP contribution in [0.1, 0.15) is 12.5 Å². The maximum atomic E-state index is 9.23. The standard InChI is InChI=1S/C10H11NO2/c1-7-6-13-10(11-7)8-3-2-4-9(12)5-8/h2-5,7,12H,6H2,1H3. The van der Waals surface area contributed by atoms with Gasteiger partial charge in [-0.1, -0.05) is 6.07 Å². The maximum Gasteiger partial charge on any atom is 0.216 e. The van der Waals surface area contributed by atoms with Gasteiger partial charge in [0, 0.05) is 5.56 Å². The van der Waals surface area contributed by atoms with E-state index in [-0.39, 0.29) is 11.8 Å². The van der Waals surface area contributed by atoms with Crippen molar-refractivity contribution in [2.45, 2.75) is 13.0 Å². The average molecular weight is 177 g/mol. The average Bonchev–Trinajstić information content (AvgIpc) is 2.52. The van der Waals surface area contributed by atoms with Gasteiger partial charge in [-0.05, 0) is 25.1 Å². The van der Waals surface area contributed by atoms with E-state index >= 15 is 0 Å². The normalized spacial score (nSPS) is 21.0. The number of benzene rings is 1. The van der Waals surface area contributed by atoms with Gasteiger partial charge < -0.3 is 9.84 Å². The van der Waals surface area contributed by atoms with Gasteiger partial charge in [0.25, 0.3) is 0 Å². The zero-order valence-corrected chi connectivity index (χ0v) is 7.40. The maximum absolute atomic E-state index is 9.23. The molecule has 3 heteroatoms. The number of hydrogen-bond acceptors (Lipinski definition) is 3. The molecule has 1 atom stereocenters. The molecule has 0 aliphatic carbocycles. The lowest BCUT2D eigenvalue weighted by Gasteiger charge is -2.00. The molecule has 1 aromatic rings. The van der Waals surface area contributed by atoms with Gasteiger partial charge in [-0.2, -0.15) is 0 Å². The number of hydrogen-bond donors (Lipinski definition) is 1. The largest absolute Gasteiger partial charge is 0.508 e. The summed E-state index contributed by atoms with van der Waals surface area (Å²) < 4.78 is 5.35. The second-order valence-corrected chi connectivity index (χ2v) is 3.14. The van der Waals surface area contributed by atoms with Gasteiger partial charge in [0.15, 0.2) is 0 Å².